The van der Waals surface area contributed by atoms with Gasteiger partial charge in [0.15, 0.2) is 0 Å². The molecule has 3 N–H and O–H groups in total. The number of nitrogens with one attached hydrogen (secondary N) is 1. The van der Waals surface area contributed by atoms with Crippen LogP contribution in [0, 0.1) is 0 Å². The highest BCUT2D eigenvalue weighted by Gasteiger charge is 2.06. The Hall–Kier alpha value is -1.81. The van der Waals surface area contributed by atoms with Crippen molar-refractivity contribution in [1.29, 1.82) is 0 Å². The normalized spacial score (nSPS) is 9.94. The summed E-state index contributed by atoms with van der Waals surface area (Å²) in [5, 5.41) is 2.79. The predicted octanol–water partition coefficient (Wildman–Crippen LogP) is 3.28. The van der Waals surface area contributed by atoms with Gasteiger partial charge in [-0.2, -0.15) is 0 Å². The third-order valence-electron chi connectivity index (χ3n) is 2.23. The van der Waals surface area contributed by atoms with E-state index in [-0.39, 0.29) is 5.91 Å². The largest absolute Gasteiger partial charge is 0.399 e. The summed E-state index contributed by atoms with van der Waals surface area (Å²) >= 11 is 3.33. The van der Waals surface area contributed by atoms with Gasteiger partial charge >= 0.3 is 0 Å². The monoisotopic (exact) mass is 290 g/mol. The van der Waals surface area contributed by atoms with E-state index in [1.807, 2.05) is 12.1 Å². The molecule has 0 aliphatic carbocycles. The Bertz CT molecular complexity index is 555. The fourth-order valence-electron chi connectivity index (χ4n) is 1.45. The first kappa shape index (κ1) is 11.7. The number of carbonyl (C=O) groups is 1. The fourth-order valence-corrected chi connectivity index (χ4v) is 1.85. The van der Waals surface area contributed by atoms with E-state index in [4.69, 9.17) is 5.73 Å². The summed E-state index contributed by atoms with van der Waals surface area (Å²) in [6, 6.07) is 14.3. The van der Waals surface area contributed by atoms with Gasteiger partial charge in [-0.15, -0.1) is 0 Å². The summed E-state index contributed by atoms with van der Waals surface area (Å²) in [6.07, 6.45) is 0. The van der Waals surface area contributed by atoms with E-state index in [0.717, 1.165) is 4.47 Å². The topological polar surface area (TPSA) is 55.1 Å². The van der Waals surface area contributed by atoms with Gasteiger partial charge < -0.3 is 11.1 Å². The number of amides is 1. The first-order valence-electron chi connectivity index (χ1n) is 5.07. The van der Waals surface area contributed by atoms with Gasteiger partial charge in [-0.1, -0.05) is 28.1 Å². The van der Waals surface area contributed by atoms with Crippen LogP contribution >= 0.6 is 15.9 Å². The van der Waals surface area contributed by atoms with Crippen molar-refractivity contribution in [1.82, 2.24) is 0 Å². The van der Waals surface area contributed by atoms with Crippen LogP contribution in [-0.4, -0.2) is 5.91 Å². The molecule has 1 amide bonds. The number of nitrogens with two attached hydrogens (primary N) is 1. The Balaban J connectivity index is 2.17. The van der Waals surface area contributed by atoms with E-state index < -0.39 is 0 Å². The van der Waals surface area contributed by atoms with Crippen molar-refractivity contribution in [2.75, 3.05) is 11.1 Å². The molecule has 0 radical (unpaired) electrons. The molecule has 0 aromatic heterocycles. The average molecular weight is 291 g/mol. The number of rotatable bonds is 2. The molecule has 0 aliphatic heterocycles. The van der Waals surface area contributed by atoms with Gasteiger partial charge in [0.05, 0.1) is 0 Å². The zero-order chi connectivity index (χ0) is 12.3. The Morgan fingerprint density at radius 1 is 1.12 bits per heavy atom. The lowest BCUT2D eigenvalue weighted by molar-refractivity contribution is 0.102. The van der Waals surface area contributed by atoms with Crippen LogP contribution in [0.15, 0.2) is 53.0 Å². The van der Waals surface area contributed by atoms with Gasteiger partial charge in [0, 0.05) is 21.4 Å². The number of benzene rings is 2. The third-order valence-corrected chi connectivity index (χ3v) is 2.72. The van der Waals surface area contributed by atoms with Gasteiger partial charge in [-0.05, 0) is 36.4 Å². The molecule has 2 rings (SSSR count). The molecule has 0 aliphatic rings. The van der Waals surface area contributed by atoms with Crippen LogP contribution in [0.4, 0.5) is 11.4 Å². The number of halogens is 1. The zero-order valence-corrected chi connectivity index (χ0v) is 10.6. The van der Waals surface area contributed by atoms with E-state index in [9.17, 15) is 4.79 Å². The average Bonchev–Trinajstić information content (AvgIpc) is 2.29. The maximum absolute atomic E-state index is 11.9. The lowest BCUT2D eigenvalue weighted by Crippen LogP contribution is -2.11. The standard InChI is InChI=1S/C13H11BrN2O/c14-10-4-1-3-9(7-10)13(17)16-12-6-2-5-11(15)8-12/h1-8H,15H2,(H,16,17). The van der Waals surface area contributed by atoms with Crippen LogP contribution in [0.3, 0.4) is 0 Å². The molecular formula is C13H11BrN2O. The molecule has 2 aromatic carbocycles. The van der Waals surface area contributed by atoms with Gasteiger partial charge in [-0.25, -0.2) is 0 Å². The number of carbonyl (C=O) groups excluding carboxylic acids is 1. The highest BCUT2D eigenvalue weighted by atomic mass is 79.9. The first-order chi connectivity index (χ1) is 8.15. The van der Waals surface area contributed by atoms with E-state index in [1.165, 1.54) is 0 Å². The molecule has 0 heterocycles. The van der Waals surface area contributed by atoms with E-state index in [1.54, 1.807) is 36.4 Å². The molecule has 86 valence electrons. The minimum Gasteiger partial charge on any atom is -0.399 e. The van der Waals surface area contributed by atoms with Crippen LogP contribution in [0.5, 0.6) is 0 Å². The Morgan fingerprint density at radius 2 is 1.88 bits per heavy atom. The summed E-state index contributed by atoms with van der Waals surface area (Å²) in [4.78, 5) is 11.9. The minimum atomic E-state index is -0.156. The van der Waals surface area contributed by atoms with Crippen molar-refractivity contribution in [2.24, 2.45) is 0 Å². The number of hydrogen-bond donors (Lipinski definition) is 2. The third kappa shape index (κ3) is 3.07. The van der Waals surface area contributed by atoms with Crippen LogP contribution in [0.1, 0.15) is 10.4 Å². The fraction of sp³-hybridized carbons (Fsp3) is 0. The SMILES string of the molecule is Nc1cccc(NC(=O)c2cccc(Br)c2)c1. The Morgan fingerprint density at radius 3 is 2.59 bits per heavy atom. The maximum Gasteiger partial charge on any atom is 0.255 e. The summed E-state index contributed by atoms with van der Waals surface area (Å²) in [6.45, 7) is 0. The van der Waals surface area contributed by atoms with Crippen molar-refractivity contribution in [3.8, 4) is 0 Å². The van der Waals surface area contributed by atoms with Crippen molar-refractivity contribution >= 4 is 33.2 Å². The van der Waals surface area contributed by atoms with Gasteiger partial charge in [0.2, 0.25) is 0 Å². The van der Waals surface area contributed by atoms with Crippen LogP contribution < -0.4 is 11.1 Å². The summed E-state index contributed by atoms with van der Waals surface area (Å²) in [7, 11) is 0. The Kier molecular flexibility index (Phi) is 3.44. The van der Waals surface area contributed by atoms with Crippen LogP contribution in [0.2, 0.25) is 0 Å². The van der Waals surface area contributed by atoms with Gasteiger partial charge in [0.1, 0.15) is 0 Å². The molecule has 3 nitrogen and oxygen atoms in total. The molecule has 0 spiro atoms. The molecule has 2 aromatic rings. The van der Waals surface area contributed by atoms with E-state index >= 15 is 0 Å². The second-order valence-corrected chi connectivity index (χ2v) is 4.51. The lowest BCUT2D eigenvalue weighted by atomic mass is 10.2. The summed E-state index contributed by atoms with van der Waals surface area (Å²) in [5.74, 6) is -0.156. The minimum absolute atomic E-state index is 0.156. The van der Waals surface area contributed by atoms with Crippen molar-refractivity contribution in [3.05, 3.63) is 58.6 Å². The lowest BCUT2D eigenvalue weighted by Gasteiger charge is -2.06. The van der Waals surface area contributed by atoms with Crippen LogP contribution in [-0.2, 0) is 0 Å². The maximum atomic E-state index is 11.9. The quantitative estimate of drug-likeness (QED) is 0.834. The van der Waals surface area contributed by atoms with Gasteiger partial charge in [-0.3, -0.25) is 4.79 Å². The number of anilines is 2. The molecule has 17 heavy (non-hydrogen) atoms. The van der Waals surface area contributed by atoms with E-state index in [2.05, 4.69) is 21.2 Å². The second kappa shape index (κ2) is 5.01. The Labute approximate surface area is 108 Å². The molecular weight excluding hydrogens is 280 g/mol. The molecule has 0 fully saturated rings. The molecule has 0 saturated carbocycles. The smallest absolute Gasteiger partial charge is 0.255 e. The predicted molar refractivity (Wildman–Crippen MR) is 72.9 cm³/mol. The molecule has 4 heteroatoms. The highest BCUT2D eigenvalue weighted by molar-refractivity contribution is 9.10. The molecule has 0 unspecified atom stereocenters. The number of hydrogen-bond acceptors (Lipinski definition) is 2. The molecule has 0 atom stereocenters. The molecule has 0 saturated heterocycles. The van der Waals surface area contributed by atoms with Crippen molar-refractivity contribution in [3.63, 3.8) is 0 Å². The van der Waals surface area contributed by atoms with Crippen molar-refractivity contribution in [2.45, 2.75) is 0 Å². The van der Waals surface area contributed by atoms with Crippen LogP contribution in [0.25, 0.3) is 0 Å². The highest BCUT2D eigenvalue weighted by Crippen LogP contribution is 2.15. The van der Waals surface area contributed by atoms with E-state index in [0.29, 0.717) is 16.9 Å². The van der Waals surface area contributed by atoms with Crippen molar-refractivity contribution < 1.29 is 4.79 Å². The second-order valence-electron chi connectivity index (χ2n) is 3.59. The zero-order valence-electron chi connectivity index (χ0n) is 8.98. The first-order valence-corrected chi connectivity index (χ1v) is 5.87. The summed E-state index contributed by atoms with van der Waals surface area (Å²) in [5.41, 5.74) is 7.55. The van der Waals surface area contributed by atoms with Gasteiger partial charge in [0.25, 0.3) is 5.91 Å². The number of nitrogen functional groups attached to an aromatic ring is 1. The summed E-state index contributed by atoms with van der Waals surface area (Å²) < 4.78 is 0.873. The molecule has 0 bridgehead atoms.